The highest BCUT2D eigenvalue weighted by atomic mass is 79.9. The van der Waals surface area contributed by atoms with Gasteiger partial charge in [0.25, 0.3) is 0 Å². The first-order valence-corrected chi connectivity index (χ1v) is 4.85. The lowest BCUT2D eigenvalue weighted by Crippen LogP contribution is -2.31. The van der Waals surface area contributed by atoms with E-state index in [1.807, 2.05) is 0 Å². The van der Waals surface area contributed by atoms with Gasteiger partial charge in [-0.05, 0) is 15.9 Å². The molecule has 0 fully saturated rings. The second-order valence-corrected chi connectivity index (χ2v) is 3.78. The standard InChI is InChI=1S/C7H8BrClN4O/c1-13(2-4(10)14)7-5(8)6(9)11-3-12-7/h3H,2H2,1H3,(H2,10,14). The second kappa shape index (κ2) is 4.56. The van der Waals surface area contributed by atoms with Gasteiger partial charge in [0, 0.05) is 7.05 Å². The van der Waals surface area contributed by atoms with Gasteiger partial charge in [-0.3, -0.25) is 4.79 Å². The number of amides is 1. The third kappa shape index (κ3) is 2.55. The second-order valence-electron chi connectivity index (χ2n) is 2.62. The molecule has 0 unspecified atom stereocenters. The van der Waals surface area contributed by atoms with E-state index in [2.05, 4.69) is 25.9 Å². The Morgan fingerprint density at radius 1 is 1.71 bits per heavy atom. The van der Waals surface area contributed by atoms with Gasteiger partial charge in [-0.2, -0.15) is 0 Å². The number of primary amides is 1. The third-order valence-corrected chi connectivity index (χ3v) is 2.73. The minimum Gasteiger partial charge on any atom is -0.368 e. The highest BCUT2D eigenvalue weighted by Crippen LogP contribution is 2.27. The molecular weight excluding hydrogens is 271 g/mol. The molecule has 0 saturated carbocycles. The van der Waals surface area contributed by atoms with Crippen molar-refractivity contribution in [2.75, 3.05) is 18.5 Å². The monoisotopic (exact) mass is 278 g/mol. The zero-order chi connectivity index (χ0) is 10.7. The highest BCUT2D eigenvalue weighted by Gasteiger charge is 2.12. The summed E-state index contributed by atoms with van der Waals surface area (Å²) in [6.45, 7) is 0.0753. The number of carbonyl (C=O) groups is 1. The SMILES string of the molecule is CN(CC(N)=O)c1ncnc(Cl)c1Br. The predicted octanol–water partition coefficient (Wildman–Crippen LogP) is 0.814. The lowest BCUT2D eigenvalue weighted by atomic mass is 10.5. The molecule has 1 amide bonds. The fraction of sp³-hybridized carbons (Fsp3) is 0.286. The van der Waals surface area contributed by atoms with E-state index in [4.69, 9.17) is 17.3 Å². The molecule has 0 radical (unpaired) electrons. The fourth-order valence-electron chi connectivity index (χ4n) is 0.915. The number of rotatable bonds is 3. The molecule has 0 aliphatic heterocycles. The summed E-state index contributed by atoms with van der Waals surface area (Å²) in [5, 5.41) is 0.298. The lowest BCUT2D eigenvalue weighted by molar-refractivity contribution is -0.116. The first-order chi connectivity index (χ1) is 6.52. The van der Waals surface area contributed by atoms with Crippen LogP contribution in [0.5, 0.6) is 0 Å². The van der Waals surface area contributed by atoms with Crippen molar-refractivity contribution in [3.63, 3.8) is 0 Å². The van der Waals surface area contributed by atoms with Crippen LogP contribution in [0.15, 0.2) is 10.8 Å². The Morgan fingerprint density at radius 2 is 2.36 bits per heavy atom. The van der Waals surface area contributed by atoms with E-state index in [1.54, 1.807) is 11.9 Å². The average Bonchev–Trinajstić information content (AvgIpc) is 2.08. The van der Waals surface area contributed by atoms with E-state index in [0.717, 1.165) is 0 Å². The molecule has 0 spiro atoms. The molecule has 1 aromatic heterocycles. The van der Waals surface area contributed by atoms with Crippen molar-refractivity contribution in [1.82, 2.24) is 9.97 Å². The smallest absolute Gasteiger partial charge is 0.236 e. The molecule has 0 aromatic carbocycles. The summed E-state index contributed by atoms with van der Waals surface area (Å²) in [6, 6.07) is 0. The highest BCUT2D eigenvalue weighted by molar-refractivity contribution is 9.10. The Bertz CT molecular complexity index is 360. The molecule has 0 aliphatic carbocycles. The number of aromatic nitrogens is 2. The van der Waals surface area contributed by atoms with Crippen LogP contribution >= 0.6 is 27.5 Å². The molecule has 0 aliphatic rings. The summed E-state index contributed by atoms with van der Waals surface area (Å²) in [6.07, 6.45) is 1.32. The van der Waals surface area contributed by atoms with E-state index in [1.165, 1.54) is 6.33 Å². The van der Waals surface area contributed by atoms with Crippen molar-refractivity contribution in [3.05, 3.63) is 16.0 Å². The molecule has 0 saturated heterocycles. The Morgan fingerprint density at radius 3 is 2.93 bits per heavy atom. The fourth-order valence-corrected chi connectivity index (χ4v) is 1.55. The molecular formula is C7H8BrClN4O. The van der Waals surface area contributed by atoms with Gasteiger partial charge >= 0.3 is 0 Å². The molecule has 0 atom stereocenters. The Labute approximate surface area is 94.4 Å². The van der Waals surface area contributed by atoms with E-state index in [0.29, 0.717) is 15.4 Å². The van der Waals surface area contributed by atoms with Crippen molar-refractivity contribution in [1.29, 1.82) is 0 Å². The maximum atomic E-state index is 10.7. The average molecular weight is 280 g/mol. The van der Waals surface area contributed by atoms with Crippen LogP contribution in [0.2, 0.25) is 5.15 Å². The van der Waals surface area contributed by atoms with Gasteiger partial charge in [-0.15, -0.1) is 0 Å². The lowest BCUT2D eigenvalue weighted by Gasteiger charge is -2.17. The molecule has 2 N–H and O–H groups in total. The topological polar surface area (TPSA) is 72.1 Å². The molecule has 1 aromatic rings. The largest absolute Gasteiger partial charge is 0.368 e. The van der Waals surface area contributed by atoms with Crippen LogP contribution in [-0.2, 0) is 4.79 Å². The number of nitrogens with two attached hydrogens (primary N) is 1. The molecule has 0 bridgehead atoms. The summed E-state index contributed by atoms with van der Waals surface area (Å²) in [5.74, 6) is 0.0953. The van der Waals surface area contributed by atoms with Gasteiger partial charge in [0.1, 0.15) is 17.3 Å². The number of halogens is 2. The number of carbonyl (C=O) groups excluding carboxylic acids is 1. The van der Waals surface area contributed by atoms with Crippen molar-refractivity contribution in [3.8, 4) is 0 Å². The minimum absolute atomic E-state index is 0.0753. The van der Waals surface area contributed by atoms with Gasteiger partial charge in [-0.25, -0.2) is 9.97 Å². The van der Waals surface area contributed by atoms with Crippen molar-refractivity contribution >= 4 is 39.3 Å². The first-order valence-electron chi connectivity index (χ1n) is 3.67. The summed E-state index contributed by atoms with van der Waals surface area (Å²) in [7, 11) is 1.69. The van der Waals surface area contributed by atoms with Crippen LogP contribution in [0.4, 0.5) is 5.82 Å². The summed E-state index contributed by atoms with van der Waals surface area (Å²) < 4.78 is 0.547. The Balaban J connectivity index is 2.95. The van der Waals surface area contributed by atoms with Crippen molar-refractivity contribution < 1.29 is 4.79 Å². The zero-order valence-electron chi connectivity index (χ0n) is 7.37. The molecule has 5 nitrogen and oxygen atoms in total. The summed E-state index contributed by atoms with van der Waals surface area (Å²) >= 11 is 8.97. The number of nitrogens with zero attached hydrogens (tertiary/aromatic N) is 3. The zero-order valence-corrected chi connectivity index (χ0v) is 9.71. The van der Waals surface area contributed by atoms with Gasteiger partial charge < -0.3 is 10.6 Å². The number of anilines is 1. The Kier molecular flexibility index (Phi) is 3.65. The molecule has 1 rings (SSSR count). The Hall–Kier alpha value is -0.880. The normalized spacial score (nSPS) is 9.93. The van der Waals surface area contributed by atoms with Crippen molar-refractivity contribution in [2.45, 2.75) is 0 Å². The quantitative estimate of drug-likeness (QED) is 0.831. The van der Waals surface area contributed by atoms with Crippen molar-refractivity contribution in [2.24, 2.45) is 5.73 Å². The van der Waals surface area contributed by atoms with Gasteiger partial charge in [0.2, 0.25) is 5.91 Å². The maximum Gasteiger partial charge on any atom is 0.236 e. The number of hydrogen-bond acceptors (Lipinski definition) is 4. The van der Waals surface area contributed by atoms with Crippen LogP contribution in [0.25, 0.3) is 0 Å². The first kappa shape index (κ1) is 11.2. The van der Waals surface area contributed by atoms with Gasteiger partial charge in [-0.1, -0.05) is 11.6 Å². The predicted molar refractivity (Wildman–Crippen MR) is 57.2 cm³/mol. The van der Waals surface area contributed by atoms with Crippen LogP contribution in [0.3, 0.4) is 0 Å². The van der Waals surface area contributed by atoms with Crippen LogP contribution in [0.1, 0.15) is 0 Å². The van der Waals surface area contributed by atoms with E-state index >= 15 is 0 Å². The number of hydrogen-bond donors (Lipinski definition) is 1. The third-order valence-electron chi connectivity index (χ3n) is 1.48. The van der Waals surface area contributed by atoms with Crippen LogP contribution < -0.4 is 10.6 Å². The maximum absolute atomic E-state index is 10.7. The number of likely N-dealkylation sites (N-methyl/N-ethyl adjacent to an activating group) is 1. The summed E-state index contributed by atoms with van der Waals surface area (Å²) in [5.41, 5.74) is 5.05. The van der Waals surface area contributed by atoms with E-state index in [-0.39, 0.29) is 6.54 Å². The molecule has 7 heteroatoms. The van der Waals surface area contributed by atoms with Crippen LogP contribution in [0, 0.1) is 0 Å². The van der Waals surface area contributed by atoms with Crippen LogP contribution in [-0.4, -0.2) is 29.5 Å². The van der Waals surface area contributed by atoms with E-state index < -0.39 is 5.91 Å². The minimum atomic E-state index is -0.436. The van der Waals surface area contributed by atoms with Gasteiger partial charge in [0.05, 0.1) is 11.0 Å². The molecule has 1 heterocycles. The molecule has 76 valence electrons. The molecule has 14 heavy (non-hydrogen) atoms. The van der Waals surface area contributed by atoms with Gasteiger partial charge in [0.15, 0.2) is 0 Å². The summed E-state index contributed by atoms with van der Waals surface area (Å²) in [4.78, 5) is 20.0. The van der Waals surface area contributed by atoms with E-state index in [9.17, 15) is 4.79 Å².